The molecule has 1 atom stereocenters. The number of nitrogens with one attached hydrogen (secondary N) is 1. The van der Waals surface area contributed by atoms with E-state index in [-0.39, 0.29) is 6.61 Å². The molecule has 0 aliphatic heterocycles. The smallest absolute Gasteiger partial charge is 0.204 e. The van der Waals surface area contributed by atoms with Crippen LogP contribution in [0.15, 0.2) is 24.3 Å². The molecule has 0 spiro atoms. The number of aromatic nitrogens is 4. The van der Waals surface area contributed by atoms with E-state index < -0.39 is 5.41 Å². The normalized spacial score (nSPS) is 14.5. The SMILES string of the molecule is CC(CN)(CO)c1cccc(-c2nn[nH]n2)c1. The van der Waals surface area contributed by atoms with Gasteiger partial charge in [-0.3, -0.25) is 0 Å². The second-order valence-electron chi connectivity index (χ2n) is 4.24. The van der Waals surface area contributed by atoms with Gasteiger partial charge in [-0.1, -0.05) is 25.1 Å². The Hall–Kier alpha value is -1.79. The van der Waals surface area contributed by atoms with Crippen LogP contribution in [-0.2, 0) is 5.41 Å². The number of rotatable bonds is 4. The lowest BCUT2D eigenvalue weighted by Gasteiger charge is -2.26. The van der Waals surface area contributed by atoms with Crippen molar-refractivity contribution in [2.45, 2.75) is 12.3 Å². The monoisotopic (exact) mass is 233 g/mol. The predicted octanol–water partition coefficient (Wildman–Crippen LogP) is 0.0754. The van der Waals surface area contributed by atoms with Crippen LogP contribution in [0.4, 0.5) is 0 Å². The van der Waals surface area contributed by atoms with Gasteiger partial charge in [0, 0.05) is 17.5 Å². The lowest BCUT2D eigenvalue weighted by molar-refractivity contribution is 0.210. The first kappa shape index (κ1) is 11.7. The highest BCUT2D eigenvalue weighted by atomic mass is 16.3. The molecule has 0 aliphatic carbocycles. The molecule has 0 fully saturated rings. The van der Waals surface area contributed by atoms with Crippen LogP contribution in [0.5, 0.6) is 0 Å². The average molecular weight is 233 g/mol. The Morgan fingerprint density at radius 2 is 2.29 bits per heavy atom. The molecule has 1 aromatic heterocycles. The molecule has 0 saturated carbocycles. The number of tetrazole rings is 1. The van der Waals surface area contributed by atoms with Crippen molar-refractivity contribution in [1.82, 2.24) is 20.6 Å². The standard InChI is InChI=1S/C11H15N5O/c1-11(6-12,7-17)9-4-2-3-8(5-9)10-13-15-16-14-10/h2-5,17H,6-7,12H2,1H3,(H,13,14,15,16). The zero-order valence-electron chi connectivity index (χ0n) is 9.59. The molecule has 0 radical (unpaired) electrons. The van der Waals surface area contributed by atoms with E-state index in [1.54, 1.807) is 0 Å². The molecular formula is C11H15N5O. The quantitative estimate of drug-likeness (QED) is 0.694. The molecule has 1 aromatic carbocycles. The van der Waals surface area contributed by atoms with Crippen LogP contribution in [0, 0.1) is 0 Å². The molecule has 2 aromatic rings. The number of H-pyrrole nitrogens is 1. The van der Waals surface area contributed by atoms with E-state index in [0.29, 0.717) is 12.4 Å². The highest BCUT2D eigenvalue weighted by molar-refractivity contribution is 5.55. The molecule has 4 N–H and O–H groups in total. The van der Waals surface area contributed by atoms with Crippen LogP contribution in [0.2, 0.25) is 0 Å². The molecule has 6 nitrogen and oxygen atoms in total. The minimum Gasteiger partial charge on any atom is -0.395 e. The second-order valence-corrected chi connectivity index (χ2v) is 4.24. The fourth-order valence-electron chi connectivity index (χ4n) is 1.59. The summed E-state index contributed by atoms with van der Waals surface area (Å²) in [5.41, 5.74) is 7.08. The van der Waals surface area contributed by atoms with E-state index in [0.717, 1.165) is 11.1 Å². The number of hydrogen-bond acceptors (Lipinski definition) is 5. The number of aromatic amines is 1. The molecule has 1 heterocycles. The van der Waals surface area contributed by atoms with Gasteiger partial charge in [0.2, 0.25) is 5.82 Å². The summed E-state index contributed by atoms with van der Waals surface area (Å²) >= 11 is 0. The molecule has 1 unspecified atom stereocenters. The summed E-state index contributed by atoms with van der Waals surface area (Å²) in [4.78, 5) is 0. The van der Waals surface area contributed by atoms with Gasteiger partial charge in [-0.25, -0.2) is 0 Å². The van der Waals surface area contributed by atoms with Gasteiger partial charge in [0.25, 0.3) is 0 Å². The Morgan fingerprint density at radius 1 is 1.47 bits per heavy atom. The number of hydrogen-bond donors (Lipinski definition) is 3. The maximum Gasteiger partial charge on any atom is 0.204 e. The molecule has 0 bridgehead atoms. The number of benzene rings is 1. The Labute approximate surface area is 98.9 Å². The number of nitrogens with zero attached hydrogens (tertiary/aromatic N) is 3. The average Bonchev–Trinajstić information content (AvgIpc) is 2.92. The third-order valence-corrected chi connectivity index (χ3v) is 2.96. The first-order valence-corrected chi connectivity index (χ1v) is 5.35. The second kappa shape index (κ2) is 4.60. The fourth-order valence-corrected chi connectivity index (χ4v) is 1.59. The van der Waals surface area contributed by atoms with Crippen molar-refractivity contribution in [2.24, 2.45) is 5.73 Å². The third-order valence-electron chi connectivity index (χ3n) is 2.96. The summed E-state index contributed by atoms with van der Waals surface area (Å²) in [5.74, 6) is 0.532. The predicted molar refractivity (Wildman–Crippen MR) is 63.1 cm³/mol. The Kier molecular flexibility index (Phi) is 3.16. The molecule has 2 rings (SSSR count). The van der Waals surface area contributed by atoms with Gasteiger partial charge >= 0.3 is 0 Å². The van der Waals surface area contributed by atoms with Crippen LogP contribution in [-0.4, -0.2) is 38.9 Å². The van der Waals surface area contributed by atoms with Crippen LogP contribution in [0.1, 0.15) is 12.5 Å². The minimum atomic E-state index is -0.445. The summed E-state index contributed by atoms with van der Waals surface area (Å²) in [6.45, 7) is 2.29. The van der Waals surface area contributed by atoms with Crippen LogP contribution >= 0.6 is 0 Å². The number of nitrogens with two attached hydrogens (primary N) is 1. The molecule has 0 saturated heterocycles. The van der Waals surface area contributed by atoms with Gasteiger partial charge in [-0.2, -0.15) is 5.21 Å². The molecule has 17 heavy (non-hydrogen) atoms. The molecule has 0 aliphatic rings. The largest absolute Gasteiger partial charge is 0.395 e. The van der Waals surface area contributed by atoms with Gasteiger partial charge in [0.05, 0.1) is 6.61 Å². The van der Waals surface area contributed by atoms with E-state index in [4.69, 9.17) is 5.73 Å². The van der Waals surface area contributed by atoms with Crippen molar-refractivity contribution < 1.29 is 5.11 Å². The van der Waals surface area contributed by atoms with Gasteiger partial charge in [-0.05, 0) is 16.8 Å². The van der Waals surface area contributed by atoms with Crippen LogP contribution < -0.4 is 5.73 Å². The van der Waals surface area contributed by atoms with Crippen molar-refractivity contribution >= 4 is 0 Å². The molecule has 90 valence electrons. The van der Waals surface area contributed by atoms with Crippen molar-refractivity contribution in [3.63, 3.8) is 0 Å². The number of aliphatic hydroxyl groups is 1. The molecular weight excluding hydrogens is 218 g/mol. The van der Waals surface area contributed by atoms with E-state index in [9.17, 15) is 5.11 Å². The zero-order valence-corrected chi connectivity index (χ0v) is 9.59. The third kappa shape index (κ3) is 2.17. The summed E-state index contributed by atoms with van der Waals surface area (Å²) in [5, 5.41) is 23.2. The van der Waals surface area contributed by atoms with Crippen molar-refractivity contribution in [3.8, 4) is 11.4 Å². The molecule has 6 heteroatoms. The first-order valence-electron chi connectivity index (χ1n) is 5.35. The number of aliphatic hydroxyl groups excluding tert-OH is 1. The van der Waals surface area contributed by atoms with E-state index in [2.05, 4.69) is 20.6 Å². The van der Waals surface area contributed by atoms with E-state index >= 15 is 0 Å². The lowest BCUT2D eigenvalue weighted by atomic mass is 9.83. The minimum absolute atomic E-state index is 0.000796. The molecule has 0 amide bonds. The summed E-state index contributed by atoms with van der Waals surface area (Å²) in [6.07, 6.45) is 0. The van der Waals surface area contributed by atoms with Gasteiger partial charge in [0.1, 0.15) is 0 Å². The maximum atomic E-state index is 9.43. The van der Waals surface area contributed by atoms with E-state index in [1.165, 1.54) is 0 Å². The Morgan fingerprint density at radius 3 is 2.88 bits per heavy atom. The fraction of sp³-hybridized carbons (Fsp3) is 0.364. The highest BCUT2D eigenvalue weighted by Gasteiger charge is 2.24. The Bertz CT molecular complexity index is 478. The van der Waals surface area contributed by atoms with Gasteiger partial charge < -0.3 is 10.8 Å². The Balaban J connectivity index is 2.41. The maximum absolute atomic E-state index is 9.43. The summed E-state index contributed by atoms with van der Waals surface area (Å²) < 4.78 is 0. The van der Waals surface area contributed by atoms with Gasteiger partial charge in [0.15, 0.2) is 0 Å². The summed E-state index contributed by atoms with van der Waals surface area (Å²) in [6, 6.07) is 7.65. The lowest BCUT2D eigenvalue weighted by Crippen LogP contribution is -2.35. The van der Waals surface area contributed by atoms with Crippen molar-refractivity contribution in [3.05, 3.63) is 29.8 Å². The first-order chi connectivity index (χ1) is 8.19. The highest BCUT2D eigenvalue weighted by Crippen LogP contribution is 2.25. The zero-order chi connectivity index (χ0) is 12.3. The van der Waals surface area contributed by atoms with Crippen LogP contribution in [0.25, 0.3) is 11.4 Å². The van der Waals surface area contributed by atoms with Crippen molar-refractivity contribution in [2.75, 3.05) is 13.2 Å². The van der Waals surface area contributed by atoms with Crippen LogP contribution in [0.3, 0.4) is 0 Å². The summed E-state index contributed by atoms with van der Waals surface area (Å²) in [7, 11) is 0. The van der Waals surface area contributed by atoms with Crippen molar-refractivity contribution in [1.29, 1.82) is 0 Å². The van der Waals surface area contributed by atoms with Gasteiger partial charge in [-0.15, -0.1) is 10.2 Å². The topological polar surface area (TPSA) is 101 Å². The van der Waals surface area contributed by atoms with E-state index in [1.807, 2.05) is 31.2 Å².